The molecule has 0 aliphatic heterocycles. The summed E-state index contributed by atoms with van der Waals surface area (Å²) >= 11 is 0. The quantitative estimate of drug-likeness (QED) is 0.213. The molecule has 2 N–H and O–H groups in total. The molecule has 11 heteroatoms. The predicted octanol–water partition coefficient (Wildman–Crippen LogP) is 1.41. The van der Waals surface area contributed by atoms with Crippen LogP contribution in [0.3, 0.4) is 0 Å². The van der Waals surface area contributed by atoms with E-state index in [9.17, 15) is 9.59 Å². The first-order valence-electron chi connectivity index (χ1n) is 12.4. The first-order chi connectivity index (χ1) is 16.5. The zero-order valence-corrected chi connectivity index (χ0v) is 21.4. The van der Waals surface area contributed by atoms with Crippen LogP contribution < -0.4 is 0 Å². The Morgan fingerprint density at radius 1 is 0.588 bits per heavy atom. The third-order valence-electron chi connectivity index (χ3n) is 5.13. The summed E-state index contributed by atoms with van der Waals surface area (Å²) in [5, 5.41) is 18.2. The molecular formula is C23H47N3O8. The Kier molecular flexibility index (Phi) is 22.0. The lowest BCUT2D eigenvalue weighted by molar-refractivity contribution is 0.0340. The Morgan fingerprint density at radius 2 is 0.941 bits per heavy atom. The van der Waals surface area contributed by atoms with Gasteiger partial charge in [0, 0.05) is 39.3 Å². The van der Waals surface area contributed by atoms with Crippen LogP contribution in [-0.4, -0.2) is 136 Å². The number of rotatable bonds is 22. The molecule has 0 aromatic rings. The standard InChI is InChI=1S/C23H47N3O8/c1-4-6-8-25(10-16-27)14-20-33-22(29)31-18-12-24(3)13-19-32-23(30)34-21-15-26(11-17-28)9-7-5-2/h27-28H,4-21H2,1-3H3. The van der Waals surface area contributed by atoms with E-state index < -0.39 is 12.3 Å². The molecule has 34 heavy (non-hydrogen) atoms. The summed E-state index contributed by atoms with van der Waals surface area (Å²) in [7, 11) is 1.82. The highest BCUT2D eigenvalue weighted by atomic mass is 16.7. The summed E-state index contributed by atoms with van der Waals surface area (Å²) in [5.41, 5.74) is 0. The number of aliphatic hydroxyl groups excluding tert-OH is 2. The molecule has 202 valence electrons. The number of hydrogen-bond donors (Lipinski definition) is 2. The van der Waals surface area contributed by atoms with E-state index in [0.29, 0.717) is 39.3 Å². The zero-order chi connectivity index (χ0) is 25.4. The number of likely N-dealkylation sites (N-methyl/N-ethyl adjacent to an activating group) is 1. The summed E-state index contributed by atoms with van der Waals surface area (Å²) in [6.45, 7) is 9.97. The maximum absolute atomic E-state index is 11.7. The van der Waals surface area contributed by atoms with Crippen LogP contribution in [0.15, 0.2) is 0 Å². The minimum Gasteiger partial charge on any atom is -0.433 e. The van der Waals surface area contributed by atoms with Crippen molar-refractivity contribution in [2.75, 3.05) is 99.0 Å². The van der Waals surface area contributed by atoms with Gasteiger partial charge in [0.1, 0.15) is 26.4 Å². The smallest absolute Gasteiger partial charge is 0.433 e. The number of ether oxygens (including phenoxy) is 4. The maximum atomic E-state index is 11.7. The monoisotopic (exact) mass is 493 g/mol. The second kappa shape index (κ2) is 23.1. The number of carbonyl (C=O) groups excluding carboxylic acids is 2. The van der Waals surface area contributed by atoms with Gasteiger partial charge in [-0.05, 0) is 33.0 Å². The lowest BCUT2D eigenvalue weighted by Crippen LogP contribution is -2.33. The van der Waals surface area contributed by atoms with E-state index in [1.165, 1.54) is 0 Å². The van der Waals surface area contributed by atoms with Crippen molar-refractivity contribution < 1.29 is 38.7 Å². The van der Waals surface area contributed by atoms with Crippen LogP contribution in [0.1, 0.15) is 39.5 Å². The molecule has 0 aromatic carbocycles. The zero-order valence-electron chi connectivity index (χ0n) is 21.4. The van der Waals surface area contributed by atoms with Crippen molar-refractivity contribution in [1.82, 2.24) is 14.7 Å². The molecule has 0 spiro atoms. The molecule has 0 saturated carbocycles. The SMILES string of the molecule is CCCCN(CCO)CCOC(=O)OCCN(C)CCOC(=O)OCCN(CCO)CCCC. The molecule has 11 nitrogen and oxygen atoms in total. The van der Waals surface area contributed by atoms with Crippen molar-refractivity contribution in [2.45, 2.75) is 39.5 Å². The molecule has 0 atom stereocenters. The van der Waals surface area contributed by atoms with Gasteiger partial charge in [-0.25, -0.2) is 9.59 Å². The highest BCUT2D eigenvalue weighted by Gasteiger charge is 2.10. The van der Waals surface area contributed by atoms with Crippen molar-refractivity contribution in [3.05, 3.63) is 0 Å². The summed E-state index contributed by atoms with van der Waals surface area (Å²) in [6, 6.07) is 0. The normalized spacial score (nSPS) is 11.3. The van der Waals surface area contributed by atoms with Crippen LogP contribution in [0.2, 0.25) is 0 Å². The summed E-state index contributed by atoms with van der Waals surface area (Å²) < 4.78 is 20.3. The molecule has 0 rings (SSSR count). The van der Waals surface area contributed by atoms with Gasteiger partial charge in [0.2, 0.25) is 0 Å². The van der Waals surface area contributed by atoms with E-state index in [1.54, 1.807) is 0 Å². The average Bonchev–Trinajstić information content (AvgIpc) is 2.81. The van der Waals surface area contributed by atoms with Gasteiger partial charge in [-0.15, -0.1) is 0 Å². The minimum atomic E-state index is -0.721. The van der Waals surface area contributed by atoms with Gasteiger partial charge in [0.05, 0.1) is 13.2 Å². The summed E-state index contributed by atoms with van der Waals surface area (Å²) in [4.78, 5) is 29.4. The minimum absolute atomic E-state index is 0.0736. The number of unbranched alkanes of at least 4 members (excludes halogenated alkanes) is 2. The fraction of sp³-hybridized carbons (Fsp3) is 0.913. The Balaban J connectivity index is 3.80. The first kappa shape index (κ1) is 32.3. The second-order valence-electron chi connectivity index (χ2n) is 8.03. The average molecular weight is 494 g/mol. The summed E-state index contributed by atoms with van der Waals surface area (Å²) in [5.74, 6) is 0. The van der Waals surface area contributed by atoms with Crippen LogP contribution in [-0.2, 0) is 18.9 Å². The number of nitrogens with zero attached hydrogens (tertiary/aromatic N) is 3. The van der Waals surface area contributed by atoms with Crippen LogP contribution in [0.5, 0.6) is 0 Å². The van der Waals surface area contributed by atoms with Gasteiger partial charge in [0.15, 0.2) is 0 Å². The van der Waals surface area contributed by atoms with Gasteiger partial charge in [-0.2, -0.15) is 0 Å². The Labute approximate surface area is 204 Å². The topological polar surface area (TPSA) is 121 Å². The van der Waals surface area contributed by atoms with E-state index in [2.05, 4.69) is 13.8 Å². The van der Waals surface area contributed by atoms with E-state index in [-0.39, 0.29) is 39.6 Å². The van der Waals surface area contributed by atoms with E-state index in [1.807, 2.05) is 21.7 Å². The van der Waals surface area contributed by atoms with Crippen molar-refractivity contribution in [3.63, 3.8) is 0 Å². The Hall–Kier alpha value is -1.66. The third kappa shape index (κ3) is 19.8. The predicted molar refractivity (Wildman–Crippen MR) is 129 cm³/mol. The van der Waals surface area contributed by atoms with Gasteiger partial charge in [-0.1, -0.05) is 26.7 Å². The molecule has 0 aliphatic rings. The maximum Gasteiger partial charge on any atom is 0.508 e. The first-order valence-corrected chi connectivity index (χ1v) is 12.4. The molecule has 0 aromatic heterocycles. The van der Waals surface area contributed by atoms with E-state index in [0.717, 1.165) is 38.8 Å². The highest BCUT2D eigenvalue weighted by molar-refractivity contribution is 5.60. The van der Waals surface area contributed by atoms with Crippen LogP contribution in [0.4, 0.5) is 9.59 Å². The molecule has 0 heterocycles. The molecular weight excluding hydrogens is 446 g/mol. The second-order valence-corrected chi connectivity index (χ2v) is 8.03. The number of hydrogen-bond acceptors (Lipinski definition) is 11. The molecule has 0 aliphatic carbocycles. The summed E-state index contributed by atoms with van der Waals surface area (Å²) in [6.07, 6.45) is 2.74. The fourth-order valence-electron chi connectivity index (χ4n) is 3.00. The highest BCUT2D eigenvalue weighted by Crippen LogP contribution is 1.97. The van der Waals surface area contributed by atoms with E-state index in [4.69, 9.17) is 29.2 Å². The van der Waals surface area contributed by atoms with Gasteiger partial charge >= 0.3 is 12.3 Å². The Bertz CT molecular complexity index is 457. The van der Waals surface area contributed by atoms with Crippen molar-refractivity contribution in [3.8, 4) is 0 Å². The molecule has 0 unspecified atom stereocenters. The molecule has 0 fully saturated rings. The van der Waals surface area contributed by atoms with Gasteiger partial charge in [-0.3, -0.25) is 14.7 Å². The lowest BCUT2D eigenvalue weighted by Gasteiger charge is -2.21. The van der Waals surface area contributed by atoms with Gasteiger partial charge in [0.25, 0.3) is 0 Å². The van der Waals surface area contributed by atoms with Crippen LogP contribution >= 0.6 is 0 Å². The lowest BCUT2D eigenvalue weighted by atomic mass is 10.3. The number of aliphatic hydroxyl groups is 2. The van der Waals surface area contributed by atoms with Crippen LogP contribution in [0.25, 0.3) is 0 Å². The largest absolute Gasteiger partial charge is 0.508 e. The van der Waals surface area contributed by atoms with Gasteiger partial charge < -0.3 is 29.2 Å². The molecule has 0 amide bonds. The van der Waals surface area contributed by atoms with Crippen molar-refractivity contribution >= 4 is 12.3 Å². The number of carbonyl (C=O) groups is 2. The van der Waals surface area contributed by atoms with E-state index >= 15 is 0 Å². The molecule has 0 radical (unpaired) electrons. The van der Waals surface area contributed by atoms with Crippen molar-refractivity contribution in [1.29, 1.82) is 0 Å². The Morgan fingerprint density at radius 3 is 1.26 bits per heavy atom. The molecule has 0 saturated heterocycles. The van der Waals surface area contributed by atoms with Crippen LogP contribution in [0, 0.1) is 0 Å². The van der Waals surface area contributed by atoms with Crippen molar-refractivity contribution in [2.24, 2.45) is 0 Å². The molecule has 0 bridgehead atoms. The fourth-order valence-corrected chi connectivity index (χ4v) is 3.00. The third-order valence-corrected chi connectivity index (χ3v) is 5.13.